The standard InChI is InChI=1S/C36H56O4S/c1-4-25-14-20-36(38,21-15-25)24-30(41(39,40)29-8-6-5-7-9-29)23-27-11-13-32-31-12-10-26-22-28(37)16-18-34(26,2)33(31)17-19-35(27,32)3/h5-9,25-28,30-33,37-38H,4,10-24H2,1-3H3/t25?,26?,27-,28?,30?,31?,32?,33?,34?,35?,36?/m1/s1. The molecule has 8 unspecified atom stereocenters. The van der Waals surface area contributed by atoms with Crippen molar-refractivity contribution in [3.8, 4) is 0 Å². The van der Waals surface area contributed by atoms with E-state index in [1.807, 2.05) is 18.2 Å². The van der Waals surface area contributed by atoms with E-state index in [0.29, 0.717) is 46.8 Å². The molecule has 1 aromatic rings. The van der Waals surface area contributed by atoms with Crippen LogP contribution >= 0.6 is 0 Å². The minimum absolute atomic E-state index is 0.107. The molecule has 5 saturated carbocycles. The fraction of sp³-hybridized carbons (Fsp3) is 0.833. The molecule has 9 atom stereocenters. The van der Waals surface area contributed by atoms with Crippen molar-refractivity contribution < 1.29 is 18.6 Å². The lowest BCUT2D eigenvalue weighted by Crippen LogP contribution is -2.54. The molecule has 0 aliphatic heterocycles. The molecule has 5 heteroatoms. The number of aliphatic hydroxyl groups is 2. The van der Waals surface area contributed by atoms with Crippen LogP contribution in [0.2, 0.25) is 0 Å². The van der Waals surface area contributed by atoms with Gasteiger partial charge < -0.3 is 10.2 Å². The maximum absolute atomic E-state index is 14.2. The average Bonchev–Trinajstić information content (AvgIpc) is 3.30. The first kappa shape index (κ1) is 30.1. The van der Waals surface area contributed by atoms with Crippen molar-refractivity contribution in [2.24, 2.45) is 46.3 Å². The molecule has 0 saturated heterocycles. The van der Waals surface area contributed by atoms with E-state index in [1.165, 1.54) is 38.5 Å². The Morgan fingerprint density at radius 3 is 2.24 bits per heavy atom. The van der Waals surface area contributed by atoms with Crippen LogP contribution in [0.15, 0.2) is 35.2 Å². The number of rotatable bonds is 7. The molecule has 1 aromatic carbocycles. The predicted molar refractivity (Wildman–Crippen MR) is 165 cm³/mol. The Balaban J connectivity index is 1.24. The van der Waals surface area contributed by atoms with E-state index in [1.54, 1.807) is 12.1 Å². The van der Waals surface area contributed by atoms with Crippen LogP contribution in [-0.2, 0) is 9.84 Å². The van der Waals surface area contributed by atoms with Crippen LogP contribution in [-0.4, -0.2) is 35.6 Å². The largest absolute Gasteiger partial charge is 0.393 e. The van der Waals surface area contributed by atoms with Gasteiger partial charge in [-0.25, -0.2) is 8.42 Å². The summed E-state index contributed by atoms with van der Waals surface area (Å²) in [5.41, 5.74) is -0.319. The molecule has 0 bridgehead atoms. The molecule has 2 N–H and O–H groups in total. The second-order valence-electron chi connectivity index (χ2n) is 15.9. The zero-order chi connectivity index (χ0) is 29.0. The maximum Gasteiger partial charge on any atom is 0.181 e. The molecule has 41 heavy (non-hydrogen) atoms. The summed E-state index contributed by atoms with van der Waals surface area (Å²) in [5.74, 6) is 3.90. The molecular weight excluding hydrogens is 528 g/mol. The van der Waals surface area contributed by atoms with Gasteiger partial charge in [0.2, 0.25) is 0 Å². The number of benzene rings is 1. The molecule has 5 aliphatic carbocycles. The van der Waals surface area contributed by atoms with Crippen LogP contribution in [0.5, 0.6) is 0 Å². The Labute approximate surface area is 250 Å². The lowest BCUT2D eigenvalue weighted by atomic mass is 9.44. The smallest absolute Gasteiger partial charge is 0.181 e. The predicted octanol–water partition coefficient (Wildman–Crippen LogP) is 7.96. The third-order valence-electron chi connectivity index (χ3n) is 14.1. The highest BCUT2D eigenvalue weighted by Gasteiger charge is 2.60. The van der Waals surface area contributed by atoms with Crippen LogP contribution in [0.1, 0.15) is 124 Å². The van der Waals surface area contributed by atoms with Crippen molar-refractivity contribution in [2.75, 3.05) is 0 Å². The van der Waals surface area contributed by atoms with E-state index in [9.17, 15) is 18.6 Å². The van der Waals surface area contributed by atoms with Gasteiger partial charge in [0.25, 0.3) is 0 Å². The minimum Gasteiger partial charge on any atom is -0.393 e. The van der Waals surface area contributed by atoms with Crippen LogP contribution in [0.3, 0.4) is 0 Å². The van der Waals surface area contributed by atoms with Crippen molar-refractivity contribution in [3.63, 3.8) is 0 Å². The van der Waals surface area contributed by atoms with E-state index in [-0.39, 0.29) is 11.5 Å². The van der Waals surface area contributed by atoms with Gasteiger partial charge in [0.15, 0.2) is 9.84 Å². The maximum atomic E-state index is 14.2. The van der Waals surface area contributed by atoms with Crippen molar-refractivity contribution in [1.82, 2.24) is 0 Å². The van der Waals surface area contributed by atoms with Crippen LogP contribution in [0.4, 0.5) is 0 Å². The van der Waals surface area contributed by atoms with Gasteiger partial charge in [0.05, 0.1) is 21.9 Å². The Kier molecular flexibility index (Phi) is 8.25. The van der Waals surface area contributed by atoms with Crippen LogP contribution in [0, 0.1) is 46.3 Å². The molecule has 5 fully saturated rings. The van der Waals surface area contributed by atoms with Crippen molar-refractivity contribution in [1.29, 1.82) is 0 Å². The monoisotopic (exact) mass is 584 g/mol. The summed E-state index contributed by atoms with van der Waals surface area (Å²) in [4.78, 5) is 0.421. The number of hydrogen-bond donors (Lipinski definition) is 2. The summed E-state index contributed by atoms with van der Waals surface area (Å²) in [7, 11) is -3.55. The Hall–Kier alpha value is -0.910. The van der Waals surface area contributed by atoms with Crippen LogP contribution in [0.25, 0.3) is 0 Å². The second-order valence-corrected chi connectivity index (χ2v) is 18.1. The third-order valence-corrected chi connectivity index (χ3v) is 16.3. The minimum atomic E-state index is -3.55. The Morgan fingerprint density at radius 2 is 1.54 bits per heavy atom. The highest BCUT2D eigenvalue weighted by Crippen LogP contribution is 2.68. The van der Waals surface area contributed by atoms with Gasteiger partial charge in [0.1, 0.15) is 0 Å². The first-order valence-electron chi connectivity index (χ1n) is 17.2. The van der Waals surface area contributed by atoms with E-state index < -0.39 is 20.7 Å². The van der Waals surface area contributed by atoms with E-state index >= 15 is 0 Å². The summed E-state index contributed by atoms with van der Waals surface area (Å²) in [6.45, 7) is 7.29. The molecule has 0 spiro atoms. The first-order chi connectivity index (χ1) is 19.5. The van der Waals surface area contributed by atoms with Gasteiger partial charge in [-0.3, -0.25) is 0 Å². The fourth-order valence-corrected chi connectivity index (χ4v) is 13.4. The number of fused-ring (bicyclic) bond motifs is 5. The van der Waals surface area contributed by atoms with Gasteiger partial charge in [-0.2, -0.15) is 0 Å². The van der Waals surface area contributed by atoms with Gasteiger partial charge in [-0.05, 0) is 155 Å². The normalized spacial score (nSPS) is 45.3. The summed E-state index contributed by atoms with van der Waals surface area (Å²) < 4.78 is 28.5. The number of hydrogen-bond acceptors (Lipinski definition) is 4. The summed E-state index contributed by atoms with van der Waals surface area (Å²) in [6.07, 6.45) is 16.1. The quantitative estimate of drug-likeness (QED) is 0.341. The van der Waals surface area contributed by atoms with Crippen molar-refractivity contribution >= 4 is 9.84 Å². The van der Waals surface area contributed by atoms with E-state index in [0.717, 1.165) is 63.2 Å². The first-order valence-corrected chi connectivity index (χ1v) is 18.7. The van der Waals surface area contributed by atoms with Crippen LogP contribution < -0.4 is 0 Å². The molecule has 0 radical (unpaired) electrons. The Morgan fingerprint density at radius 1 is 0.854 bits per heavy atom. The van der Waals surface area contributed by atoms with E-state index in [4.69, 9.17) is 0 Å². The highest BCUT2D eigenvalue weighted by molar-refractivity contribution is 7.92. The highest BCUT2D eigenvalue weighted by atomic mass is 32.2. The molecule has 0 heterocycles. The van der Waals surface area contributed by atoms with Gasteiger partial charge in [0, 0.05) is 0 Å². The second kappa shape index (κ2) is 11.2. The molecule has 5 aliphatic rings. The van der Waals surface area contributed by atoms with E-state index in [2.05, 4.69) is 20.8 Å². The lowest BCUT2D eigenvalue weighted by molar-refractivity contribution is -0.127. The molecule has 6 rings (SSSR count). The Bertz CT molecular complexity index is 1160. The number of sulfone groups is 1. The zero-order valence-corrected chi connectivity index (χ0v) is 26.8. The van der Waals surface area contributed by atoms with Gasteiger partial charge >= 0.3 is 0 Å². The van der Waals surface area contributed by atoms with Gasteiger partial charge in [-0.1, -0.05) is 45.4 Å². The lowest BCUT2D eigenvalue weighted by Gasteiger charge is -2.61. The molecule has 4 nitrogen and oxygen atoms in total. The summed E-state index contributed by atoms with van der Waals surface area (Å²) >= 11 is 0. The molecule has 0 aromatic heterocycles. The molecule has 0 amide bonds. The topological polar surface area (TPSA) is 74.6 Å². The van der Waals surface area contributed by atoms with Gasteiger partial charge in [-0.15, -0.1) is 0 Å². The van der Waals surface area contributed by atoms with Crippen molar-refractivity contribution in [3.05, 3.63) is 30.3 Å². The number of aliphatic hydroxyl groups excluding tert-OH is 1. The van der Waals surface area contributed by atoms with Crippen molar-refractivity contribution in [2.45, 2.75) is 145 Å². The summed E-state index contributed by atoms with van der Waals surface area (Å²) in [5, 5.41) is 21.6. The average molecular weight is 585 g/mol. The fourth-order valence-electron chi connectivity index (χ4n) is 11.4. The zero-order valence-electron chi connectivity index (χ0n) is 25.9. The molecule has 230 valence electrons. The summed E-state index contributed by atoms with van der Waals surface area (Å²) in [6, 6.07) is 9.06. The third kappa shape index (κ3) is 5.37. The SMILES string of the molecule is CCC1CCC(O)(CC(C[C@H]2CCC3C4CCC5CC(O)CCC5(C)C4CCC32C)S(=O)(=O)c2ccccc2)CC1. The molecular formula is C36H56O4S.